The quantitative estimate of drug-likeness (QED) is 0.817. The van der Waals surface area contributed by atoms with Gasteiger partial charge in [-0.05, 0) is 32.6 Å². The molecule has 1 fully saturated rings. The standard InChI is InChI=1S/C12H21N5O2/c1-8(2)19-12-15-10(13)14-11(16-12)17-5-3-4-9(6-17)7-18/h8-9,18H,3-7H2,1-2H3,(H2,13,14,15,16). The highest BCUT2D eigenvalue weighted by molar-refractivity contribution is 5.36. The Morgan fingerprint density at radius 1 is 1.42 bits per heavy atom. The number of aliphatic hydroxyl groups is 1. The fourth-order valence-corrected chi connectivity index (χ4v) is 2.16. The van der Waals surface area contributed by atoms with Crippen molar-refractivity contribution in [3.05, 3.63) is 0 Å². The molecule has 2 heterocycles. The number of ether oxygens (including phenoxy) is 1. The minimum absolute atomic E-state index is 0.0128. The van der Waals surface area contributed by atoms with Crippen molar-refractivity contribution in [2.45, 2.75) is 32.8 Å². The summed E-state index contributed by atoms with van der Waals surface area (Å²) in [5.41, 5.74) is 5.69. The molecule has 0 radical (unpaired) electrons. The van der Waals surface area contributed by atoms with Crippen LogP contribution in [0.1, 0.15) is 26.7 Å². The lowest BCUT2D eigenvalue weighted by molar-refractivity contribution is 0.207. The minimum atomic E-state index is -0.0128. The van der Waals surface area contributed by atoms with Gasteiger partial charge in [-0.3, -0.25) is 0 Å². The van der Waals surface area contributed by atoms with E-state index in [-0.39, 0.29) is 30.6 Å². The summed E-state index contributed by atoms with van der Waals surface area (Å²) in [6, 6.07) is 0.253. The molecular weight excluding hydrogens is 246 g/mol. The van der Waals surface area contributed by atoms with Gasteiger partial charge in [-0.1, -0.05) is 0 Å². The van der Waals surface area contributed by atoms with E-state index >= 15 is 0 Å². The molecule has 1 saturated heterocycles. The Morgan fingerprint density at radius 2 is 2.21 bits per heavy atom. The third kappa shape index (κ3) is 3.66. The number of hydrogen-bond donors (Lipinski definition) is 2. The number of nitrogens with two attached hydrogens (primary N) is 1. The van der Waals surface area contributed by atoms with Crippen molar-refractivity contribution < 1.29 is 9.84 Å². The zero-order valence-electron chi connectivity index (χ0n) is 11.4. The number of piperidine rings is 1. The first kappa shape index (κ1) is 13.8. The summed E-state index contributed by atoms with van der Waals surface area (Å²) < 4.78 is 5.46. The van der Waals surface area contributed by atoms with Crippen molar-refractivity contribution in [2.24, 2.45) is 5.92 Å². The molecule has 0 spiro atoms. The molecule has 1 aliphatic heterocycles. The Labute approximate surface area is 112 Å². The molecule has 3 N–H and O–H groups in total. The smallest absolute Gasteiger partial charge is 0.323 e. The largest absolute Gasteiger partial charge is 0.461 e. The summed E-state index contributed by atoms with van der Waals surface area (Å²) in [7, 11) is 0. The molecule has 1 aromatic rings. The number of aliphatic hydroxyl groups excluding tert-OH is 1. The predicted molar refractivity (Wildman–Crippen MR) is 72.0 cm³/mol. The highest BCUT2D eigenvalue weighted by Gasteiger charge is 2.22. The van der Waals surface area contributed by atoms with Gasteiger partial charge in [0.2, 0.25) is 11.9 Å². The molecule has 2 rings (SSSR count). The maximum atomic E-state index is 9.25. The topological polar surface area (TPSA) is 97.4 Å². The number of hydrogen-bond acceptors (Lipinski definition) is 7. The van der Waals surface area contributed by atoms with Crippen molar-refractivity contribution in [3.63, 3.8) is 0 Å². The Balaban J connectivity index is 2.16. The Kier molecular flexibility index (Phi) is 4.36. The van der Waals surface area contributed by atoms with Crippen LogP contribution in [0.4, 0.5) is 11.9 Å². The predicted octanol–water partition coefficient (Wildman–Crippen LogP) is 0.450. The SMILES string of the molecule is CC(C)Oc1nc(N)nc(N2CCCC(CO)C2)n1. The van der Waals surface area contributed by atoms with Crippen LogP contribution in [-0.4, -0.2) is 45.9 Å². The Bertz CT molecular complexity index is 427. The van der Waals surface area contributed by atoms with Gasteiger partial charge in [0.1, 0.15) is 0 Å². The molecular formula is C12H21N5O2. The molecule has 1 unspecified atom stereocenters. The third-order valence-corrected chi connectivity index (χ3v) is 3.02. The van der Waals surface area contributed by atoms with E-state index in [1.165, 1.54) is 0 Å². The Morgan fingerprint density at radius 3 is 2.89 bits per heavy atom. The highest BCUT2D eigenvalue weighted by atomic mass is 16.5. The first-order chi connectivity index (χ1) is 9.08. The lowest BCUT2D eigenvalue weighted by Gasteiger charge is -2.31. The van der Waals surface area contributed by atoms with Crippen LogP contribution in [0, 0.1) is 5.92 Å². The molecule has 19 heavy (non-hydrogen) atoms. The first-order valence-corrected chi connectivity index (χ1v) is 6.62. The van der Waals surface area contributed by atoms with Crippen molar-refractivity contribution in [2.75, 3.05) is 30.3 Å². The van der Waals surface area contributed by atoms with Crippen LogP contribution >= 0.6 is 0 Å². The normalized spacial score (nSPS) is 19.8. The maximum absolute atomic E-state index is 9.25. The summed E-state index contributed by atoms with van der Waals surface area (Å²) in [4.78, 5) is 14.4. The van der Waals surface area contributed by atoms with E-state index in [2.05, 4.69) is 15.0 Å². The summed E-state index contributed by atoms with van der Waals surface area (Å²) in [5, 5.41) is 9.25. The number of nitrogens with zero attached hydrogens (tertiary/aromatic N) is 4. The molecule has 0 saturated carbocycles. The van der Waals surface area contributed by atoms with Crippen LogP contribution in [0.3, 0.4) is 0 Å². The van der Waals surface area contributed by atoms with Gasteiger partial charge in [0, 0.05) is 19.7 Å². The molecule has 0 bridgehead atoms. The molecule has 1 aromatic heterocycles. The Hall–Kier alpha value is -1.63. The van der Waals surface area contributed by atoms with Gasteiger partial charge < -0.3 is 20.5 Å². The average molecular weight is 267 g/mol. The monoisotopic (exact) mass is 267 g/mol. The van der Waals surface area contributed by atoms with Gasteiger partial charge in [0.25, 0.3) is 0 Å². The molecule has 0 amide bonds. The van der Waals surface area contributed by atoms with E-state index in [4.69, 9.17) is 10.5 Å². The van der Waals surface area contributed by atoms with Crippen LogP contribution in [-0.2, 0) is 0 Å². The second-order valence-corrected chi connectivity index (χ2v) is 5.08. The number of aromatic nitrogens is 3. The van der Waals surface area contributed by atoms with Gasteiger partial charge in [0.05, 0.1) is 6.10 Å². The van der Waals surface area contributed by atoms with Crippen molar-refractivity contribution in [1.82, 2.24) is 15.0 Å². The second-order valence-electron chi connectivity index (χ2n) is 5.08. The molecule has 1 aliphatic rings. The molecule has 7 nitrogen and oxygen atoms in total. The van der Waals surface area contributed by atoms with Crippen molar-refractivity contribution >= 4 is 11.9 Å². The van der Waals surface area contributed by atoms with E-state index in [0.717, 1.165) is 25.9 Å². The molecule has 7 heteroatoms. The van der Waals surface area contributed by atoms with Gasteiger partial charge in [0.15, 0.2) is 0 Å². The van der Waals surface area contributed by atoms with Gasteiger partial charge in [-0.25, -0.2) is 0 Å². The molecule has 106 valence electrons. The van der Waals surface area contributed by atoms with Crippen molar-refractivity contribution in [3.8, 4) is 6.01 Å². The summed E-state index contributed by atoms with van der Waals surface area (Å²) in [6.45, 7) is 5.60. The van der Waals surface area contributed by atoms with Crippen LogP contribution in [0.2, 0.25) is 0 Å². The van der Waals surface area contributed by atoms with Crippen LogP contribution in [0.25, 0.3) is 0 Å². The summed E-state index contributed by atoms with van der Waals surface area (Å²) >= 11 is 0. The van der Waals surface area contributed by atoms with Crippen LogP contribution in [0.15, 0.2) is 0 Å². The molecule has 0 aliphatic carbocycles. The fourth-order valence-electron chi connectivity index (χ4n) is 2.16. The van der Waals surface area contributed by atoms with Crippen LogP contribution in [0.5, 0.6) is 6.01 Å². The maximum Gasteiger partial charge on any atom is 0.323 e. The molecule has 0 aromatic carbocycles. The number of nitrogen functional groups attached to an aromatic ring is 1. The highest BCUT2D eigenvalue weighted by Crippen LogP contribution is 2.21. The zero-order valence-corrected chi connectivity index (χ0v) is 11.4. The fraction of sp³-hybridized carbons (Fsp3) is 0.750. The van der Waals surface area contributed by atoms with E-state index in [9.17, 15) is 5.11 Å². The zero-order chi connectivity index (χ0) is 13.8. The first-order valence-electron chi connectivity index (χ1n) is 6.62. The minimum Gasteiger partial charge on any atom is -0.461 e. The lowest BCUT2D eigenvalue weighted by Crippen LogP contribution is -2.38. The second kappa shape index (κ2) is 6.01. The van der Waals surface area contributed by atoms with Gasteiger partial charge in [-0.15, -0.1) is 0 Å². The number of anilines is 2. The molecule has 1 atom stereocenters. The summed E-state index contributed by atoms with van der Waals surface area (Å²) in [5.74, 6) is 0.953. The van der Waals surface area contributed by atoms with Gasteiger partial charge >= 0.3 is 6.01 Å². The average Bonchev–Trinajstić information content (AvgIpc) is 2.37. The van der Waals surface area contributed by atoms with E-state index < -0.39 is 0 Å². The number of rotatable bonds is 4. The van der Waals surface area contributed by atoms with E-state index in [1.54, 1.807) is 0 Å². The van der Waals surface area contributed by atoms with Crippen molar-refractivity contribution in [1.29, 1.82) is 0 Å². The van der Waals surface area contributed by atoms with Gasteiger partial charge in [-0.2, -0.15) is 15.0 Å². The van der Waals surface area contributed by atoms with E-state index in [0.29, 0.717) is 5.95 Å². The third-order valence-electron chi connectivity index (χ3n) is 3.02. The van der Waals surface area contributed by atoms with Crippen LogP contribution < -0.4 is 15.4 Å². The van der Waals surface area contributed by atoms with E-state index in [1.807, 2.05) is 18.7 Å². The lowest BCUT2D eigenvalue weighted by atomic mass is 9.99. The summed E-state index contributed by atoms with van der Waals surface area (Å²) in [6.07, 6.45) is 2.03.